The van der Waals surface area contributed by atoms with Gasteiger partial charge in [0.25, 0.3) is 11.5 Å². The van der Waals surface area contributed by atoms with Gasteiger partial charge in [-0.15, -0.1) is 0 Å². The lowest BCUT2D eigenvalue weighted by atomic mass is 9.93. The number of pyridine rings is 1. The number of nitrogens with one attached hydrogen (secondary N) is 2. The van der Waals surface area contributed by atoms with Crippen molar-refractivity contribution in [3.63, 3.8) is 0 Å². The van der Waals surface area contributed by atoms with E-state index in [2.05, 4.69) is 20.4 Å². The minimum absolute atomic E-state index is 0.0386. The van der Waals surface area contributed by atoms with Crippen molar-refractivity contribution >= 4 is 11.7 Å². The normalized spacial score (nSPS) is 14.4. The number of benzene rings is 1. The van der Waals surface area contributed by atoms with Crippen LogP contribution in [0, 0.1) is 0 Å². The molecule has 0 fully saturated rings. The second-order valence-corrected chi connectivity index (χ2v) is 6.81. The van der Waals surface area contributed by atoms with Crippen LogP contribution in [0.15, 0.2) is 47.8 Å². The van der Waals surface area contributed by atoms with E-state index in [9.17, 15) is 14.4 Å². The highest BCUT2D eigenvalue weighted by Crippen LogP contribution is 2.20. The first-order chi connectivity index (χ1) is 13.5. The molecule has 0 saturated carbocycles. The van der Waals surface area contributed by atoms with Gasteiger partial charge in [-0.25, -0.2) is 9.67 Å². The van der Waals surface area contributed by atoms with Gasteiger partial charge >= 0.3 is 0 Å². The predicted octanol–water partition coefficient (Wildman–Crippen LogP) is 1.97. The molecule has 1 unspecified atom stereocenters. The topological polar surface area (TPSA) is 110 Å². The summed E-state index contributed by atoms with van der Waals surface area (Å²) in [5.41, 5.74) is 2.28. The first-order valence-electron chi connectivity index (χ1n) is 9.08. The molecule has 0 radical (unpaired) electrons. The molecule has 142 valence electrons. The Hall–Kier alpha value is -3.55. The maximum atomic E-state index is 12.6. The predicted molar refractivity (Wildman–Crippen MR) is 102 cm³/mol. The highest BCUT2D eigenvalue weighted by Gasteiger charge is 2.22. The zero-order valence-corrected chi connectivity index (χ0v) is 15.3. The van der Waals surface area contributed by atoms with Gasteiger partial charge in [0.05, 0.1) is 11.7 Å². The van der Waals surface area contributed by atoms with E-state index < -0.39 is 11.5 Å². The molecule has 8 heteroatoms. The molecule has 2 aromatic heterocycles. The highest BCUT2D eigenvalue weighted by molar-refractivity contribution is 6.01. The largest absolute Gasteiger partial charge is 0.345 e. The summed E-state index contributed by atoms with van der Waals surface area (Å²) in [5.74, 6) is -0.543. The van der Waals surface area contributed by atoms with E-state index in [0.717, 1.165) is 17.7 Å². The number of carbonyl (C=O) groups is 2. The molecule has 28 heavy (non-hydrogen) atoms. The molecule has 0 spiro atoms. The maximum absolute atomic E-state index is 12.6. The molecule has 1 aliphatic carbocycles. The standard InChI is InChI=1S/C20H19N5O3/c1-12(13-5-7-14(8-6-13)25-11-21-10-22-25)23-19(27)16-9-15-17(24-20(16)28)3-2-4-18(15)26/h5-12H,2-4H2,1H3,(H,23,27)(H,24,28). The van der Waals surface area contributed by atoms with Gasteiger partial charge in [0, 0.05) is 17.7 Å². The summed E-state index contributed by atoms with van der Waals surface area (Å²) in [6, 6.07) is 8.61. The number of H-pyrrole nitrogens is 1. The van der Waals surface area contributed by atoms with E-state index in [-0.39, 0.29) is 17.4 Å². The Bertz CT molecular complexity index is 1080. The number of aromatic amines is 1. The van der Waals surface area contributed by atoms with Crippen molar-refractivity contribution in [2.45, 2.75) is 32.2 Å². The Balaban J connectivity index is 1.53. The molecular formula is C20H19N5O3. The van der Waals surface area contributed by atoms with Crippen LogP contribution in [-0.4, -0.2) is 31.4 Å². The molecule has 1 atom stereocenters. The summed E-state index contributed by atoms with van der Waals surface area (Å²) in [6.45, 7) is 1.83. The minimum Gasteiger partial charge on any atom is -0.345 e. The van der Waals surface area contributed by atoms with Gasteiger partial charge in [-0.05, 0) is 43.5 Å². The zero-order chi connectivity index (χ0) is 19.7. The molecule has 1 aliphatic rings. The fourth-order valence-electron chi connectivity index (χ4n) is 3.36. The Morgan fingerprint density at radius 1 is 1.21 bits per heavy atom. The van der Waals surface area contributed by atoms with Crippen LogP contribution in [0.4, 0.5) is 0 Å². The number of aromatic nitrogens is 4. The number of nitrogens with zero attached hydrogens (tertiary/aromatic N) is 3. The van der Waals surface area contributed by atoms with Crippen LogP contribution in [0.1, 0.15) is 57.8 Å². The lowest BCUT2D eigenvalue weighted by Crippen LogP contribution is -2.33. The summed E-state index contributed by atoms with van der Waals surface area (Å²) < 4.78 is 1.64. The van der Waals surface area contributed by atoms with Crippen LogP contribution < -0.4 is 10.9 Å². The van der Waals surface area contributed by atoms with Crippen molar-refractivity contribution in [3.05, 3.63) is 75.7 Å². The first kappa shape index (κ1) is 17.8. The summed E-state index contributed by atoms with van der Waals surface area (Å²) in [7, 11) is 0. The van der Waals surface area contributed by atoms with Gasteiger partial charge in [0.2, 0.25) is 0 Å². The van der Waals surface area contributed by atoms with Crippen molar-refractivity contribution < 1.29 is 9.59 Å². The molecule has 1 aromatic carbocycles. The van der Waals surface area contributed by atoms with Crippen molar-refractivity contribution in [2.24, 2.45) is 0 Å². The van der Waals surface area contributed by atoms with Crippen LogP contribution in [0.25, 0.3) is 5.69 Å². The SMILES string of the molecule is CC(NC(=O)c1cc2c([nH]c1=O)CCCC2=O)c1ccc(-n2cncn2)cc1. The second-order valence-electron chi connectivity index (χ2n) is 6.81. The zero-order valence-electron chi connectivity index (χ0n) is 15.3. The number of ketones is 1. The third-order valence-electron chi connectivity index (χ3n) is 4.92. The number of Topliss-reactive ketones (excluding diaryl/α,β-unsaturated/α-hetero) is 1. The van der Waals surface area contributed by atoms with E-state index in [1.807, 2.05) is 31.2 Å². The van der Waals surface area contributed by atoms with Crippen LogP contribution in [0.5, 0.6) is 0 Å². The van der Waals surface area contributed by atoms with Gasteiger partial charge in [0.1, 0.15) is 18.2 Å². The third-order valence-corrected chi connectivity index (χ3v) is 4.92. The molecule has 8 nitrogen and oxygen atoms in total. The number of amides is 1. The molecular weight excluding hydrogens is 358 g/mol. The number of carbonyl (C=O) groups excluding carboxylic acids is 2. The number of fused-ring (bicyclic) bond motifs is 1. The highest BCUT2D eigenvalue weighted by atomic mass is 16.2. The first-order valence-corrected chi connectivity index (χ1v) is 9.08. The third kappa shape index (κ3) is 3.36. The Kier molecular flexibility index (Phi) is 4.60. The van der Waals surface area contributed by atoms with Crippen LogP contribution in [0.2, 0.25) is 0 Å². The smallest absolute Gasteiger partial charge is 0.261 e. The average Bonchev–Trinajstić information content (AvgIpc) is 3.22. The molecule has 0 bridgehead atoms. The Morgan fingerprint density at radius 2 is 2.00 bits per heavy atom. The molecule has 1 amide bonds. The van der Waals surface area contributed by atoms with E-state index in [0.29, 0.717) is 24.1 Å². The van der Waals surface area contributed by atoms with Crippen LogP contribution >= 0.6 is 0 Å². The van der Waals surface area contributed by atoms with Crippen molar-refractivity contribution in [1.29, 1.82) is 0 Å². The van der Waals surface area contributed by atoms with Crippen LogP contribution in [0.3, 0.4) is 0 Å². The average molecular weight is 377 g/mol. The minimum atomic E-state index is -0.504. The van der Waals surface area contributed by atoms with E-state index in [1.165, 1.54) is 12.4 Å². The second kappa shape index (κ2) is 7.22. The number of rotatable bonds is 4. The van der Waals surface area contributed by atoms with E-state index >= 15 is 0 Å². The number of hydrogen-bond donors (Lipinski definition) is 2. The molecule has 3 aromatic rings. The lowest BCUT2D eigenvalue weighted by Gasteiger charge is -2.17. The van der Waals surface area contributed by atoms with Gasteiger partial charge < -0.3 is 10.3 Å². The lowest BCUT2D eigenvalue weighted by molar-refractivity contribution is 0.0938. The van der Waals surface area contributed by atoms with Gasteiger partial charge in [-0.1, -0.05) is 12.1 Å². The van der Waals surface area contributed by atoms with E-state index in [1.54, 1.807) is 11.0 Å². The molecule has 0 aliphatic heterocycles. The Morgan fingerprint density at radius 3 is 2.71 bits per heavy atom. The maximum Gasteiger partial charge on any atom is 0.261 e. The monoisotopic (exact) mass is 377 g/mol. The molecule has 0 saturated heterocycles. The van der Waals surface area contributed by atoms with Crippen molar-refractivity contribution in [3.8, 4) is 5.69 Å². The van der Waals surface area contributed by atoms with Gasteiger partial charge in [-0.3, -0.25) is 14.4 Å². The summed E-state index contributed by atoms with van der Waals surface area (Å²) in [6.07, 6.45) is 4.86. The molecule has 2 N–H and O–H groups in total. The fraction of sp³-hybridized carbons (Fsp3) is 0.250. The summed E-state index contributed by atoms with van der Waals surface area (Å²) in [4.78, 5) is 43.6. The summed E-state index contributed by atoms with van der Waals surface area (Å²) >= 11 is 0. The quantitative estimate of drug-likeness (QED) is 0.722. The van der Waals surface area contributed by atoms with E-state index in [4.69, 9.17) is 0 Å². The summed E-state index contributed by atoms with van der Waals surface area (Å²) in [5, 5.41) is 6.89. The molecule has 4 rings (SSSR count). The van der Waals surface area contributed by atoms with Gasteiger partial charge in [-0.2, -0.15) is 5.10 Å². The molecule has 2 heterocycles. The fourth-order valence-corrected chi connectivity index (χ4v) is 3.36. The number of hydrogen-bond acceptors (Lipinski definition) is 5. The van der Waals surface area contributed by atoms with Gasteiger partial charge in [0.15, 0.2) is 5.78 Å². The van der Waals surface area contributed by atoms with Crippen molar-refractivity contribution in [2.75, 3.05) is 0 Å². The number of aryl methyl sites for hydroxylation is 1. The van der Waals surface area contributed by atoms with Crippen molar-refractivity contribution in [1.82, 2.24) is 25.1 Å². The Labute approximate surface area is 160 Å². The van der Waals surface area contributed by atoms with Crippen LogP contribution in [-0.2, 0) is 6.42 Å².